The summed E-state index contributed by atoms with van der Waals surface area (Å²) in [5, 5.41) is 1.65. The first-order chi connectivity index (χ1) is 10.3. The molecule has 1 heterocycles. The van der Waals surface area contributed by atoms with E-state index in [0.717, 1.165) is 0 Å². The predicted octanol–water partition coefficient (Wildman–Crippen LogP) is 0.260. The first-order valence-corrected chi connectivity index (χ1v) is 8.52. The Labute approximate surface area is 128 Å². The number of hydrogen-bond donors (Lipinski definition) is 1. The molecule has 0 radical (unpaired) electrons. The average molecular weight is 328 g/mol. The van der Waals surface area contributed by atoms with Crippen molar-refractivity contribution in [2.24, 2.45) is 0 Å². The summed E-state index contributed by atoms with van der Waals surface area (Å²) in [4.78, 5) is 24.5. The number of nitrogens with one attached hydrogen (secondary N) is 1. The molecule has 1 aliphatic rings. The smallest absolute Gasteiger partial charge is 0.239 e. The number of nitrogens with zero attached hydrogens (tertiary/aromatic N) is 1. The summed E-state index contributed by atoms with van der Waals surface area (Å²) in [6.07, 6.45) is 0. The van der Waals surface area contributed by atoms with Gasteiger partial charge in [0.2, 0.25) is 11.8 Å². The van der Waals surface area contributed by atoms with Crippen molar-refractivity contribution >= 4 is 21.7 Å². The van der Waals surface area contributed by atoms with E-state index in [9.17, 15) is 22.4 Å². The summed E-state index contributed by atoms with van der Waals surface area (Å²) in [6, 6.07) is 5.13. The van der Waals surface area contributed by atoms with Gasteiger partial charge in [0.25, 0.3) is 0 Å². The second-order valence-electron chi connectivity index (χ2n) is 5.17. The summed E-state index contributed by atoms with van der Waals surface area (Å²) in [6.45, 7) is 1.95. The van der Waals surface area contributed by atoms with E-state index < -0.39 is 32.6 Å². The SMILES string of the molecule is CC(c1ccc(F)cc1)S(=O)(=O)CC(=O)N1CCNC(=O)C1. The highest BCUT2D eigenvalue weighted by Crippen LogP contribution is 2.23. The molecular weight excluding hydrogens is 311 g/mol. The highest BCUT2D eigenvalue weighted by molar-refractivity contribution is 7.92. The van der Waals surface area contributed by atoms with E-state index in [-0.39, 0.29) is 12.5 Å². The molecule has 1 aromatic rings. The molecule has 8 heteroatoms. The minimum absolute atomic E-state index is 0.126. The van der Waals surface area contributed by atoms with Crippen molar-refractivity contribution in [1.82, 2.24) is 10.2 Å². The highest BCUT2D eigenvalue weighted by atomic mass is 32.2. The number of carbonyl (C=O) groups is 2. The zero-order valence-corrected chi connectivity index (χ0v) is 12.9. The molecule has 1 aromatic carbocycles. The molecule has 1 unspecified atom stereocenters. The molecule has 1 aliphatic heterocycles. The topological polar surface area (TPSA) is 83.6 Å². The van der Waals surface area contributed by atoms with Gasteiger partial charge >= 0.3 is 0 Å². The Hall–Kier alpha value is -1.96. The van der Waals surface area contributed by atoms with E-state index in [1.165, 1.54) is 36.1 Å². The number of halogens is 1. The maximum Gasteiger partial charge on any atom is 0.239 e. The van der Waals surface area contributed by atoms with Crippen LogP contribution in [0.5, 0.6) is 0 Å². The van der Waals surface area contributed by atoms with Gasteiger partial charge in [-0.05, 0) is 24.6 Å². The van der Waals surface area contributed by atoms with Gasteiger partial charge in [-0.15, -0.1) is 0 Å². The van der Waals surface area contributed by atoms with Crippen LogP contribution in [0, 0.1) is 5.82 Å². The van der Waals surface area contributed by atoms with Crippen LogP contribution >= 0.6 is 0 Å². The number of rotatable bonds is 4. The predicted molar refractivity (Wildman–Crippen MR) is 78.2 cm³/mol. The molecule has 0 aromatic heterocycles. The number of hydrogen-bond acceptors (Lipinski definition) is 4. The van der Waals surface area contributed by atoms with E-state index in [1.54, 1.807) is 0 Å². The van der Waals surface area contributed by atoms with Gasteiger partial charge in [-0.2, -0.15) is 0 Å². The molecule has 120 valence electrons. The minimum atomic E-state index is -3.74. The summed E-state index contributed by atoms with van der Waals surface area (Å²) in [7, 11) is -3.74. The Morgan fingerprint density at radius 1 is 1.36 bits per heavy atom. The molecular formula is C14H17FN2O4S. The van der Waals surface area contributed by atoms with Crippen LogP contribution in [0.15, 0.2) is 24.3 Å². The number of sulfone groups is 1. The summed E-state index contributed by atoms with van der Waals surface area (Å²) in [5.74, 6) is -2.02. The van der Waals surface area contributed by atoms with E-state index in [1.807, 2.05) is 0 Å². The first kappa shape index (κ1) is 16.4. The molecule has 22 heavy (non-hydrogen) atoms. The van der Waals surface area contributed by atoms with Crippen molar-refractivity contribution in [3.05, 3.63) is 35.6 Å². The zero-order valence-electron chi connectivity index (χ0n) is 12.1. The van der Waals surface area contributed by atoms with Gasteiger partial charge in [-0.3, -0.25) is 9.59 Å². The second-order valence-corrected chi connectivity index (χ2v) is 7.49. The van der Waals surface area contributed by atoms with Gasteiger partial charge in [0.05, 0.1) is 11.8 Å². The van der Waals surface area contributed by atoms with Crippen LogP contribution in [0.25, 0.3) is 0 Å². The van der Waals surface area contributed by atoms with Gasteiger partial charge < -0.3 is 10.2 Å². The molecule has 6 nitrogen and oxygen atoms in total. The fraction of sp³-hybridized carbons (Fsp3) is 0.429. The zero-order chi connectivity index (χ0) is 16.3. The van der Waals surface area contributed by atoms with E-state index in [0.29, 0.717) is 18.7 Å². The lowest BCUT2D eigenvalue weighted by Gasteiger charge is -2.27. The van der Waals surface area contributed by atoms with Crippen LogP contribution in [0.3, 0.4) is 0 Å². The molecule has 2 amide bonds. The second kappa shape index (κ2) is 6.43. The van der Waals surface area contributed by atoms with Crippen LogP contribution in [0.1, 0.15) is 17.7 Å². The van der Waals surface area contributed by atoms with Gasteiger partial charge in [0, 0.05) is 13.1 Å². The fourth-order valence-corrected chi connectivity index (χ4v) is 3.53. The Balaban J connectivity index is 2.08. The highest BCUT2D eigenvalue weighted by Gasteiger charge is 2.30. The molecule has 0 bridgehead atoms. The van der Waals surface area contributed by atoms with Crippen molar-refractivity contribution in [2.45, 2.75) is 12.2 Å². The molecule has 1 N–H and O–H groups in total. The first-order valence-electron chi connectivity index (χ1n) is 6.81. The lowest BCUT2D eigenvalue weighted by Crippen LogP contribution is -2.51. The Bertz CT molecular complexity index is 673. The minimum Gasteiger partial charge on any atom is -0.353 e. The summed E-state index contributed by atoms with van der Waals surface area (Å²) in [5.41, 5.74) is 0.422. The van der Waals surface area contributed by atoms with Crippen molar-refractivity contribution in [2.75, 3.05) is 25.4 Å². The fourth-order valence-electron chi connectivity index (χ4n) is 2.18. The number of carbonyl (C=O) groups excluding carboxylic acids is 2. The lowest BCUT2D eigenvalue weighted by molar-refractivity contribution is -0.136. The summed E-state index contributed by atoms with van der Waals surface area (Å²) < 4.78 is 37.5. The van der Waals surface area contributed by atoms with E-state index in [2.05, 4.69) is 5.32 Å². The van der Waals surface area contributed by atoms with E-state index >= 15 is 0 Å². The largest absolute Gasteiger partial charge is 0.353 e. The van der Waals surface area contributed by atoms with Gasteiger partial charge in [0.15, 0.2) is 9.84 Å². The number of benzene rings is 1. The van der Waals surface area contributed by atoms with Crippen LogP contribution in [-0.2, 0) is 19.4 Å². The maximum absolute atomic E-state index is 12.9. The molecule has 1 atom stereocenters. The van der Waals surface area contributed by atoms with Crippen molar-refractivity contribution in [1.29, 1.82) is 0 Å². The maximum atomic E-state index is 12.9. The van der Waals surface area contributed by atoms with Gasteiger partial charge in [-0.1, -0.05) is 12.1 Å². The van der Waals surface area contributed by atoms with Crippen LogP contribution in [0.2, 0.25) is 0 Å². The number of amides is 2. The van der Waals surface area contributed by atoms with Gasteiger partial charge in [0.1, 0.15) is 11.6 Å². The molecule has 1 saturated heterocycles. The monoisotopic (exact) mass is 328 g/mol. The Kier molecular flexibility index (Phi) is 4.80. The normalized spacial score (nSPS) is 17.0. The number of piperazine rings is 1. The molecule has 0 aliphatic carbocycles. The summed E-state index contributed by atoms with van der Waals surface area (Å²) >= 11 is 0. The van der Waals surface area contributed by atoms with Crippen molar-refractivity contribution < 1.29 is 22.4 Å². The molecule has 0 saturated carbocycles. The van der Waals surface area contributed by atoms with Crippen LogP contribution in [-0.4, -0.2) is 50.5 Å². The lowest BCUT2D eigenvalue weighted by atomic mass is 10.2. The average Bonchev–Trinajstić information content (AvgIpc) is 2.47. The van der Waals surface area contributed by atoms with Gasteiger partial charge in [-0.25, -0.2) is 12.8 Å². The molecule has 2 rings (SSSR count). The van der Waals surface area contributed by atoms with Crippen LogP contribution in [0.4, 0.5) is 4.39 Å². The third-order valence-corrected chi connectivity index (χ3v) is 5.59. The third kappa shape index (κ3) is 3.82. The Morgan fingerprint density at radius 2 is 2.00 bits per heavy atom. The molecule has 1 fully saturated rings. The van der Waals surface area contributed by atoms with Crippen LogP contribution < -0.4 is 5.32 Å². The third-order valence-electron chi connectivity index (χ3n) is 3.59. The van der Waals surface area contributed by atoms with E-state index in [4.69, 9.17) is 0 Å². The standard InChI is InChI=1S/C14H17FN2O4S/c1-10(11-2-4-12(15)5-3-11)22(20,21)9-14(19)17-7-6-16-13(18)8-17/h2-5,10H,6-9H2,1H3,(H,16,18). The van der Waals surface area contributed by atoms with Crippen molar-refractivity contribution in [3.63, 3.8) is 0 Å². The quantitative estimate of drug-likeness (QED) is 0.859. The Morgan fingerprint density at radius 3 is 2.59 bits per heavy atom. The molecule has 0 spiro atoms. The van der Waals surface area contributed by atoms with Crippen molar-refractivity contribution in [3.8, 4) is 0 Å².